The van der Waals surface area contributed by atoms with Gasteiger partial charge in [0.25, 0.3) is 5.91 Å². The fourth-order valence-corrected chi connectivity index (χ4v) is 1.39. The normalized spacial score (nSPS) is 9.70. The zero-order valence-electron chi connectivity index (χ0n) is 11.0. The molecule has 0 aliphatic rings. The molecule has 0 bridgehead atoms. The predicted octanol–water partition coefficient (Wildman–Crippen LogP) is -0.192. The van der Waals surface area contributed by atoms with Crippen molar-refractivity contribution in [1.82, 2.24) is 16.0 Å². The van der Waals surface area contributed by atoms with Gasteiger partial charge >= 0.3 is 0 Å². The van der Waals surface area contributed by atoms with E-state index in [9.17, 15) is 18.8 Å². The molecule has 7 heteroatoms. The van der Waals surface area contributed by atoms with Crippen molar-refractivity contribution < 1.29 is 18.8 Å². The van der Waals surface area contributed by atoms with Crippen LogP contribution in [0, 0.1) is 5.82 Å². The van der Waals surface area contributed by atoms with Crippen molar-refractivity contribution >= 4 is 17.7 Å². The molecule has 20 heavy (non-hydrogen) atoms. The number of hydrogen-bond acceptors (Lipinski definition) is 3. The van der Waals surface area contributed by atoms with Gasteiger partial charge < -0.3 is 16.0 Å². The minimum Gasteiger partial charge on any atom is -0.355 e. The van der Waals surface area contributed by atoms with Gasteiger partial charge in [0.2, 0.25) is 11.8 Å². The van der Waals surface area contributed by atoms with Crippen LogP contribution in [0.2, 0.25) is 0 Å². The predicted molar refractivity (Wildman–Crippen MR) is 70.4 cm³/mol. The highest BCUT2D eigenvalue weighted by atomic mass is 19.1. The number of nitrogens with one attached hydrogen (secondary N) is 3. The molecule has 3 N–H and O–H groups in total. The van der Waals surface area contributed by atoms with E-state index in [1.165, 1.54) is 18.2 Å². The highest BCUT2D eigenvalue weighted by Gasteiger charge is 2.09. The summed E-state index contributed by atoms with van der Waals surface area (Å²) in [5, 5.41) is 7.19. The molecule has 1 aromatic rings. The van der Waals surface area contributed by atoms with Crippen molar-refractivity contribution in [3.63, 3.8) is 0 Å². The van der Waals surface area contributed by atoms with Crippen molar-refractivity contribution in [3.8, 4) is 0 Å². The number of likely N-dealkylation sites (N-methyl/N-ethyl adjacent to an activating group) is 1. The van der Waals surface area contributed by atoms with Gasteiger partial charge in [-0.1, -0.05) is 6.07 Å². The number of hydrogen-bond donors (Lipinski definition) is 3. The second-order valence-electron chi connectivity index (χ2n) is 3.92. The lowest BCUT2D eigenvalue weighted by atomic mass is 10.2. The third-order valence-corrected chi connectivity index (χ3v) is 2.32. The average Bonchev–Trinajstić information content (AvgIpc) is 2.43. The molecular weight excluding hydrogens is 265 g/mol. The molecule has 3 amide bonds. The summed E-state index contributed by atoms with van der Waals surface area (Å²) in [6.07, 6.45) is 0. The summed E-state index contributed by atoms with van der Waals surface area (Å²) in [5.74, 6) is -1.89. The molecular formula is C13H16FN3O3. The molecule has 1 aromatic carbocycles. The maximum absolute atomic E-state index is 12.9. The summed E-state index contributed by atoms with van der Waals surface area (Å²) in [6.45, 7) is 1.81. The maximum Gasteiger partial charge on any atom is 0.251 e. The Kier molecular flexibility index (Phi) is 6.15. The molecule has 0 aliphatic carbocycles. The highest BCUT2D eigenvalue weighted by Crippen LogP contribution is 2.02. The van der Waals surface area contributed by atoms with Crippen molar-refractivity contribution in [2.45, 2.75) is 6.92 Å². The van der Waals surface area contributed by atoms with Crippen molar-refractivity contribution in [2.24, 2.45) is 0 Å². The van der Waals surface area contributed by atoms with E-state index in [-0.39, 0.29) is 24.6 Å². The van der Waals surface area contributed by atoms with Gasteiger partial charge in [0.05, 0.1) is 13.1 Å². The fraction of sp³-hybridized carbons (Fsp3) is 0.308. The zero-order chi connectivity index (χ0) is 15.0. The lowest BCUT2D eigenvalue weighted by Gasteiger charge is -2.07. The lowest BCUT2D eigenvalue weighted by Crippen LogP contribution is -2.41. The number of rotatable bonds is 6. The van der Waals surface area contributed by atoms with Gasteiger partial charge in [-0.25, -0.2) is 4.39 Å². The van der Waals surface area contributed by atoms with E-state index in [0.717, 1.165) is 6.07 Å². The Labute approximate surface area is 115 Å². The standard InChI is InChI=1S/C13H16FN3O3/c1-2-15-11(18)7-16-12(19)8-17-13(20)9-4-3-5-10(14)6-9/h3-6H,2,7-8H2,1H3,(H,15,18)(H,16,19)(H,17,20). The van der Waals surface area contributed by atoms with E-state index < -0.39 is 17.6 Å². The molecule has 0 radical (unpaired) electrons. The average molecular weight is 281 g/mol. The van der Waals surface area contributed by atoms with E-state index in [2.05, 4.69) is 16.0 Å². The van der Waals surface area contributed by atoms with Crippen LogP contribution in [0.5, 0.6) is 0 Å². The van der Waals surface area contributed by atoms with E-state index in [1.807, 2.05) is 0 Å². The molecule has 0 heterocycles. The van der Waals surface area contributed by atoms with E-state index in [0.29, 0.717) is 6.54 Å². The van der Waals surface area contributed by atoms with Gasteiger partial charge in [0.15, 0.2) is 0 Å². The molecule has 0 unspecified atom stereocenters. The first-order valence-corrected chi connectivity index (χ1v) is 6.10. The van der Waals surface area contributed by atoms with Gasteiger partial charge in [0, 0.05) is 12.1 Å². The van der Waals surface area contributed by atoms with Crippen molar-refractivity contribution in [1.29, 1.82) is 0 Å². The lowest BCUT2D eigenvalue weighted by molar-refractivity contribution is -0.125. The smallest absolute Gasteiger partial charge is 0.251 e. The molecule has 0 fully saturated rings. The number of halogens is 1. The number of carbonyl (C=O) groups excluding carboxylic acids is 3. The minimum absolute atomic E-state index is 0.126. The van der Waals surface area contributed by atoms with Crippen molar-refractivity contribution in [3.05, 3.63) is 35.6 Å². The second-order valence-corrected chi connectivity index (χ2v) is 3.92. The maximum atomic E-state index is 12.9. The van der Waals surface area contributed by atoms with E-state index in [1.54, 1.807) is 6.92 Å². The second kappa shape index (κ2) is 7.88. The number of carbonyl (C=O) groups is 3. The Morgan fingerprint density at radius 2 is 1.70 bits per heavy atom. The molecule has 0 aliphatic heterocycles. The Morgan fingerprint density at radius 1 is 1.05 bits per heavy atom. The molecule has 0 saturated carbocycles. The minimum atomic E-state index is -0.558. The quantitative estimate of drug-likeness (QED) is 0.675. The molecule has 0 atom stereocenters. The van der Waals surface area contributed by atoms with Crippen LogP contribution in [0.1, 0.15) is 17.3 Å². The van der Waals surface area contributed by atoms with Crippen LogP contribution in [0.15, 0.2) is 24.3 Å². The monoisotopic (exact) mass is 281 g/mol. The molecule has 0 aromatic heterocycles. The van der Waals surface area contributed by atoms with Crippen LogP contribution in [-0.2, 0) is 9.59 Å². The Morgan fingerprint density at radius 3 is 2.35 bits per heavy atom. The number of amides is 3. The van der Waals surface area contributed by atoms with Crippen molar-refractivity contribution in [2.75, 3.05) is 19.6 Å². The first kappa shape index (κ1) is 15.6. The topological polar surface area (TPSA) is 87.3 Å². The third-order valence-electron chi connectivity index (χ3n) is 2.32. The van der Waals surface area contributed by atoms with E-state index in [4.69, 9.17) is 0 Å². The Hall–Kier alpha value is -2.44. The van der Waals surface area contributed by atoms with Gasteiger partial charge in [-0.3, -0.25) is 14.4 Å². The Balaban J connectivity index is 2.34. The van der Waals surface area contributed by atoms with Crippen LogP contribution in [0.25, 0.3) is 0 Å². The molecule has 0 spiro atoms. The van der Waals surface area contributed by atoms with Gasteiger partial charge in [0.1, 0.15) is 5.82 Å². The third kappa shape index (κ3) is 5.47. The summed E-state index contributed by atoms with van der Waals surface area (Å²) >= 11 is 0. The van der Waals surface area contributed by atoms with Crippen LogP contribution < -0.4 is 16.0 Å². The summed E-state index contributed by atoms with van der Waals surface area (Å²) in [4.78, 5) is 34.1. The first-order valence-electron chi connectivity index (χ1n) is 6.10. The number of benzene rings is 1. The summed E-state index contributed by atoms with van der Waals surface area (Å²) in [6, 6.07) is 5.13. The Bertz CT molecular complexity index is 505. The van der Waals surface area contributed by atoms with Crippen LogP contribution in [0.3, 0.4) is 0 Å². The molecule has 6 nitrogen and oxygen atoms in total. The molecule has 1 rings (SSSR count). The first-order chi connectivity index (χ1) is 9.52. The van der Waals surface area contributed by atoms with Crippen LogP contribution in [-0.4, -0.2) is 37.4 Å². The summed E-state index contributed by atoms with van der Waals surface area (Å²) in [5.41, 5.74) is 0.126. The van der Waals surface area contributed by atoms with Crippen LogP contribution >= 0.6 is 0 Å². The zero-order valence-corrected chi connectivity index (χ0v) is 11.0. The largest absolute Gasteiger partial charge is 0.355 e. The summed E-state index contributed by atoms with van der Waals surface area (Å²) < 4.78 is 12.9. The molecule has 0 saturated heterocycles. The fourth-order valence-electron chi connectivity index (χ4n) is 1.39. The van der Waals surface area contributed by atoms with Gasteiger partial charge in [-0.15, -0.1) is 0 Å². The molecule has 108 valence electrons. The SMILES string of the molecule is CCNC(=O)CNC(=O)CNC(=O)c1cccc(F)c1. The summed E-state index contributed by atoms with van der Waals surface area (Å²) in [7, 11) is 0. The van der Waals surface area contributed by atoms with Gasteiger partial charge in [-0.05, 0) is 25.1 Å². The van der Waals surface area contributed by atoms with Gasteiger partial charge in [-0.2, -0.15) is 0 Å². The van der Waals surface area contributed by atoms with Crippen LogP contribution in [0.4, 0.5) is 4.39 Å². The van der Waals surface area contributed by atoms with E-state index >= 15 is 0 Å². The highest BCUT2D eigenvalue weighted by molar-refractivity contribution is 5.96.